The molecular formula is C7H14N2O3. The maximum Gasteiger partial charge on any atom is 0.326 e. The van der Waals surface area contributed by atoms with E-state index in [-0.39, 0.29) is 0 Å². The zero-order valence-corrected chi connectivity index (χ0v) is 7.28. The van der Waals surface area contributed by atoms with E-state index >= 15 is 0 Å². The molecule has 1 atom stereocenters. The number of carboxylic acid groups (broad SMARTS) is 1. The van der Waals surface area contributed by atoms with Crippen molar-refractivity contribution in [1.82, 2.24) is 10.2 Å². The van der Waals surface area contributed by atoms with Gasteiger partial charge in [-0.2, -0.15) is 0 Å². The summed E-state index contributed by atoms with van der Waals surface area (Å²) in [4.78, 5) is 22.3. The molecule has 2 N–H and O–H groups in total. The van der Waals surface area contributed by atoms with Gasteiger partial charge < -0.3 is 15.3 Å². The standard InChI is InChI=1S/C7H14N2O3/c1-9(2)4-3-6(7(11)12)8-5-10/h5-6H,3-4H2,1-2H3,(H,8,10)(H,11,12). The van der Waals surface area contributed by atoms with Gasteiger partial charge >= 0.3 is 5.97 Å². The minimum atomic E-state index is -0.996. The molecule has 1 amide bonds. The van der Waals surface area contributed by atoms with Crippen molar-refractivity contribution >= 4 is 12.4 Å². The second kappa shape index (κ2) is 5.54. The first-order valence-corrected chi connectivity index (χ1v) is 3.65. The molecule has 0 radical (unpaired) electrons. The number of amides is 1. The van der Waals surface area contributed by atoms with Gasteiger partial charge in [-0.15, -0.1) is 0 Å². The number of hydrogen-bond donors (Lipinski definition) is 2. The largest absolute Gasteiger partial charge is 0.480 e. The van der Waals surface area contributed by atoms with Gasteiger partial charge in [0.2, 0.25) is 6.41 Å². The van der Waals surface area contributed by atoms with Crippen LogP contribution in [-0.4, -0.2) is 49.1 Å². The lowest BCUT2D eigenvalue weighted by molar-refractivity contribution is -0.140. The Kier molecular flexibility index (Phi) is 5.03. The molecular weight excluding hydrogens is 160 g/mol. The predicted molar refractivity (Wildman–Crippen MR) is 43.8 cm³/mol. The fraction of sp³-hybridized carbons (Fsp3) is 0.714. The Morgan fingerprint density at radius 1 is 1.67 bits per heavy atom. The van der Waals surface area contributed by atoms with Gasteiger partial charge in [0.15, 0.2) is 0 Å². The lowest BCUT2D eigenvalue weighted by Gasteiger charge is -2.14. The Labute approximate surface area is 71.4 Å². The molecule has 0 aliphatic rings. The zero-order chi connectivity index (χ0) is 9.56. The lowest BCUT2D eigenvalue weighted by Crippen LogP contribution is -2.38. The highest BCUT2D eigenvalue weighted by Crippen LogP contribution is 1.92. The van der Waals surface area contributed by atoms with Crippen molar-refractivity contribution in [3.63, 3.8) is 0 Å². The zero-order valence-electron chi connectivity index (χ0n) is 7.28. The summed E-state index contributed by atoms with van der Waals surface area (Å²) in [5.41, 5.74) is 0. The third kappa shape index (κ3) is 4.68. The summed E-state index contributed by atoms with van der Waals surface area (Å²) in [6, 6.07) is -0.773. The fourth-order valence-electron chi connectivity index (χ4n) is 0.748. The number of carbonyl (C=O) groups is 2. The van der Waals surface area contributed by atoms with E-state index in [1.165, 1.54) is 0 Å². The summed E-state index contributed by atoms with van der Waals surface area (Å²) in [7, 11) is 3.69. The summed E-state index contributed by atoms with van der Waals surface area (Å²) in [5, 5.41) is 10.8. The van der Waals surface area contributed by atoms with E-state index in [2.05, 4.69) is 5.32 Å². The van der Waals surface area contributed by atoms with Crippen LogP contribution in [0.25, 0.3) is 0 Å². The summed E-state index contributed by atoms with van der Waals surface area (Å²) in [6.45, 7) is 0.637. The van der Waals surface area contributed by atoms with E-state index in [0.29, 0.717) is 19.4 Å². The smallest absolute Gasteiger partial charge is 0.326 e. The Morgan fingerprint density at radius 3 is 2.58 bits per heavy atom. The monoisotopic (exact) mass is 174 g/mol. The van der Waals surface area contributed by atoms with Gasteiger partial charge in [0.05, 0.1) is 0 Å². The van der Waals surface area contributed by atoms with Gasteiger partial charge in [0.25, 0.3) is 0 Å². The molecule has 1 unspecified atom stereocenters. The molecule has 5 nitrogen and oxygen atoms in total. The van der Waals surface area contributed by atoms with Gasteiger partial charge in [0.1, 0.15) is 6.04 Å². The van der Waals surface area contributed by atoms with Crippen LogP contribution in [0.1, 0.15) is 6.42 Å². The normalized spacial score (nSPS) is 12.6. The molecule has 0 aromatic carbocycles. The van der Waals surface area contributed by atoms with Crippen molar-refractivity contribution in [2.24, 2.45) is 0 Å². The highest BCUT2D eigenvalue weighted by Gasteiger charge is 2.15. The topological polar surface area (TPSA) is 69.6 Å². The van der Waals surface area contributed by atoms with E-state index in [4.69, 9.17) is 5.11 Å². The van der Waals surface area contributed by atoms with Crippen molar-refractivity contribution in [3.05, 3.63) is 0 Å². The Bertz CT molecular complexity index is 159. The number of nitrogens with zero attached hydrogens (tertiary/aromatic N) is 1. The van der Waals surface area contributed by atoms with Crippen LogP contribution in [-0.2, 0) is 9.59 Å². The van der Waals surface area contributed by atoms with Gasteiger partial charge in [-0.1, -0.05) is 0 Å². The van der Waals surface area contributed by atoms with Crippen molar-refractivity contribution in [3.8, 4) is 0 Å². The molecule has 0 saturated heterocycles. The molecule has 0 fully saturated rings. The minimum Gasteiger partial charge on any atom is -0.480 e. The third-order valence-corrected chi connectivity index (χ3v) is 1.43. The molecule has 12 heavy (non-hydrogen) atoms. The average molecular weight is 174 g/mol. The van der Waals surface area contributed by atoms with Crippen LogP contribution in [0.2, 0.25) is 0 Å². The van der Waals surface area contributed by atoms with E-state index < -0.39 is 12.0 Å². The van der Waals surface area contributed by atoms with Crippen molar-refractivity contribution in [2.75, 3.05) is 20.6 Å². The van der Waals surface area contributed by atoms with Gasteiger partial charge in [-0.05, 0) is 20.5 Å². The summed E-state index contributed by atoms with van der Waals surface area (Å²) >= 11 is 0. The first-order valence-electron chi connectivity index (χ1n) is 3.65. The molecule has 0 aliphatic heterocycles. The summed E-state index contributed by atoms with van der Waals surface area (Å²) < 4.78 is 0. The van der Waals surface area contributed by atoms with Gasteiger partial charge in [0, 0.05) is 6.54 Å². The summed E-state index contributed by atoms with van der Waals surface area (Å²) in [6.07, 6.45) is 0.829. The van der Waals surface area contributed by atoms with Crippen LogP contribution in [0, 0.1) is 0 Å². The fourth-order valence-corrected chi connectivity index (χ4v) is 0.748. The molecule has 0 aliphatic carbocycles. The second-order valence-corrected chi connectivity index (χ2v) is 2.77. The quantitative estimate of drug-likeness (QED) is 0.514. The van der Waals surface area contributed by atoms with E-state index in [1.54, 1.807) is 0 Å². The van der Waals surface area contributed by atoms with Gasteiger partial charge in [-0.25, -0.2) is 4.79 Å². The molecule has 0 heterocycles. The number of hydrogen-bond acceptors (Lipinski definition) is 3. The highest BCUT2D eigenvalue weighted by molar-refractivity contribution is 5.76. The summed E-state index contributed by atoms with van der Waals surface area (Å²) in [5.74, 6) is -0.996. The molecule has 0 aromatic heterocycles. The second-order valence-electron chi connectivity index (χ2n) is 2.77. The average Bonchev–Trinajstić information content (AvgIpc) is 1.96. The van der Waals surface area contributed by atoms with Crippen LogP contribution >= 0.6 is 0 Å². The number of rotatable bonds is 6. The van der Waals surface area contributed by atoms with Crippen molar-refractivity contribution in [2.45, 2.75) is 12.5 Å². The molecule has 5 heteroatoms. The van der Waals surface area contributed by atoms with E-state index in [0.717, 1.165) is 0 Å². The SMILES string of the molecule is CN(C)CCC(NC=O)C(=O)O. The van der Waals surface area contributed by atoms with Crippen molar-refractivity contribution in [1.29, 1.82) is 0 Å². The minimum absolute atomic E-state index is 0.411. The van der Waals surface area contributed by atoms with Crippen LogP contribution in [0.3, 0.4) is 0 Å². The first-order chi connectivity index (χ1) is 5.57. The van der Waals surface area contributed by atoms with Crippen LogP contribution in [0.4, 0.5) is 0 Å². The molecule has 0 spiro atoms. The van der Waals surface area contributed by atoms with E-state index in [1.807, 2.05) is 19.0 Å². The van der Waals surface area contributed by atoms with Crippen LogP contribution in [0.5, 0.6) is 0 Å². The van der Waals surface area contributed by atoms with Gasteiger partial charge in [-0.3, -0.25) is 4.79 Å². The molecule has 0 rings (SSSR count). The van der Waals surface area contributed by atoms with Crippen LogP contribution < -0.4 is 5.32 Å². The van der Waals surface area contributed by atoms with E-state index in [9.17, 15) is 9.59 Å². The Morgan fingerprint density at radius 2 is 2.25 bits per heavy atom. The molecule has 0 bridgehead atoms. The first kappa shape index (κ1) is 10.9. The molecule has 70 valence electrons. The Balaban J connectivity index is 3.78. The number of carbonyl (C=O) groups excluding carboxylic acids is 1. The lowest BCUT2D eigenvalue weighted by atomic mass is 10.2. The number of aliphatic carboxylic acids is 1. The third-order valence-electron chi connectivity index (χ3n) is 1.43. The van der Waals surface area contributed by atoms with Crippen LogP contribution in [0.15, 0.2) is 0 Å². The molecule has 0 saturated carbocycles. The maximum absolute atomic E-state index is 10.5. The predicted octanol–water partition coefficient (Wildman–Crippen LogP) is -0.863. The number of nitrogens with one attached hydrogen (secondary N) is 1. The number of carboxylic acids is 1. The van der Waals surface area contributed by atoms with Crippen molar-refractivity contribution < 1.29 is 14.7 Å². The molecule has 0 aromatic rings. The highest BCUT2D eigenvalue weighted by atomic mass is 16.4. The maximum atomic E-state index is 10.5. The Hall–Kier alpha value is -1.10.